The van der Waals surface area contributed by atoms with Gasteiger partial charge in [0, 0.05) is 6.26 Å². The molecule has 0 aromatic rings. The Morgan fingerprint density at radius 2 is 1.89 bits per heavy atom. The van der Waals surface area contributed by atoms with E-state index in [0.717, 1.165) is 6.26 Å². The molecule has 0 aliphatic carbocycles. The highest BCUT2D eigenvalue weighted by Gasteiger charge is 2.31. The van der Waals surface area contributed by atoms with Crippen molar-refractivity contribution in [2.24, 2.45) is 0 Å². The van der Waals surface area contributed by atoms with Gasteiger partial charge in [-0.1, -0.05) is 15.9 Å². The third-order valence-electron chi connectivity index (χ3n) is 0.936. The molecule has 54 valence electrons. The number of hydrogen-bond donors (Lipinski definition) is 0. The zero-order chi connectivity index (χ0) is 7.71. The molecule has 0 aromatic carbocycles. The lowest BCUT2D eigenvalue weighted by atomic mass is 10.5. The highest BCUT2D eigenvalue weighted by molar-refractivity contribution is 9.12. The zero-order valence-electron chi connectivity index (χ0n) is 5.09. The van der Waals surface area contributed by atoms with Gasteiger partial charge in [0.15, 0.2) is 19.8 Å². The van der Waals surface area contributed by atoms with E-state index in [4.69, 9.17) is 0 Å². The minimum absolute atomic E-state index is 0.350. The lowest BCUT2D eigenvalue weighted by Crippen LogP contribution is -2.28. The molecule has 0 amide bonds. The smallest absolute Gasteiger partial charge is 0.178 e. The van der Waals surface area contributed by atoms with Crippen LogP contribution in [0.2, 0.25) is 0 Å². The van der Waals surface area contributed by atoms with Gasteiger partial charge in [-0.2, -0.15) is 0 Å². The number of aldehydes is 1. The molecule has 0 spiro atoms. The summed E-state index contributed by atoms with van der Waals surface area (Å²) in [6.45, 7) is 1.29. The van der Waals surface area contributed by atoms with Gasteiger partial charge in [0.05, 0.1) is 0 Å². The fourth-order valence-corrected chi connectivity index (χ4v) is 0.262. The van der Waals surface area contributed by atoms with E-state index < -0.39 is 13.5 Å². The summed E-state index contributed by atoms with van der Waals surface area (Å²) < 4.78 is 19.8. The molecule has 0 fully saturated rings. The van der Waals surface area contributed by atoms with Crippen LogP contribution in [0.15, 0.2) is 0 Å². The van der Waals surface area contributed by atoms with Gasteiger partial charge in [-0.05, 0) is 6.92 Å². The van der Waals surface area contributed by atoms with E-state index in [0.29, 0.717) is 6.29 Å². The number of carbonyl (C=O) groups is 1. The molecule has 9 heavy (non-hydrogen) atoms. The molecule has 3 nitrogen and oxygen atoms in total. The first-order valence-corrected chi connectivity index (χ1v) is 4.84. The van der Waals surface area contributed by atoms with E-state index in [1.54, 1.807) is 0 Å². The molecular weight excluding hydrogens is 208 g/mol. The zero-order valence-corrected chi connectivity index (χ0v) is 7.49. The van der Waals surface area contributed by atoms with E-state index >= 15 is 0 Å². The van der Waals surface area contributed by atoms with Crippen LogP contribution in [-0.2, 0) is 14.6 Å². The van der Waals surface area contributed by atoms with Crippen LogP contribution in [0.3, 0.4) is 0 Å². The Labute approximate surface area is 62.5 Å². The molecule has 5 heteroatoms. The summed E-state index contributed by atoms with van der Waals surface area (Å²) in [5.74, 6) is 0. The highest BCUT2D eigenvalue weighted by atomic mass is 79.9. The van der Waals surface area contributed by atoms with Crippen LogP contribution < -0.4 is 0 Å². The van der Waals surface area contributed by atoms with Crippen LogP contribution in [-0.4, -0.2) is 24.6 Å². The second kappa shape index (κ2) is 2.38. The summed E-state index contributed by atoms with van der Waals surface area (Å²) in [4.78, 5) is 10.0. The van der Waals surface area contributed by atoms with Gasteiger partial charge in [-0.25, -0.2) is 8.42 Å². The van der Waals surface area contributed by atoms with Crippen LogP contribution in [0.4, 0.5) is 0 Å². The fourth-order valence-electron chi connectivity index (χ4n) is 0.0874. The van der Waals surface area contributed by atoms with Crippen molar-refractivity contribution in [3.8, 4) is 0 Å². The third kappa shape index (κ3) is 2.06. The van der Waals surface area contributed by atoms with E-state index in [1.165, 1.54) is 6.92 Å². The molecular formula is C4H7BrO3S. The second-order valence-electron chi connectivity index (χ2n) is 1.88. The first-order chi connectivity index (χ1) is 3.81. The Bertz CT molecular complexity index is 204. The van der Waals surface area contributed by atoms with Gasteiger partial charge in [0.1, 0.15) is 0 Å². The predicted octanol–water partition coefficient (Wildman–Crippen LogP) is 0.341. The molecule has 0 radical (unpaired) electrons. The van der Waals surface area contributed by atoms with Gasteiger partial charge < -0.3 is 4.79 Å². The van der Waals surface area contributed by atoms with Crippen LogP contribution in [0.5, 0.6) is 0 Å². The summed E-state index contributed by atoms with van der Waals surface area (Å²) >= 11 is 2.75. The monoisotopic (exact) mass is 214 g/mol. The van der Waals surface area contributed by atoms with Crippen molar-refractivity contribution in [2.75, 3.05) is 6.26 Å². The van der Waals surface area contributed by atoms with Crippen molar-refractivity contribution < 1.29 is 13.2 Å². The van der Waals surface area contributed by atoms with Crippen LogP contribution in [0.25, 0.3) is 0 Å². The Morgan fingerprint density at radius 3 is 1.89 bits per heavy atom. The van der Waals surface area contributed by atoms with E-state index in [1.807, 2.05) is 0 Å². The fraction of sp³-hybridized carbons (Fsp3) is 0.750. The predicted molar refractivity (Wildman–Crippen MR) is 38.2 cm³/mol. The summed E-state index contributed by atoms with van der Waals surface area (Å²) in [6.07, 6.45) is 1.35. The minimum Gasteiger partial charge on any atom is -0.301 e. The number of alkyl halides is 1. The Hall–Kier alpha value is 0.1000. The van der Waals surface area contributed by atoms with Gasteiger partial charge in [0.25, 0.3) is 0 Å². The molecule has 0 aliphatic heterocycles. The molecule has 0 saturated heterocycles. The second-order valence-corrected chi connectivity index (χ2v) is 6.44. The van der Waals surface area contributed by atoms with Crippen molar-refractivity contribution in [1.29, 1.82) is 0 Å². The van der Waals surface area contributed by atoms with Gasteiger partial charge in [-0.15, -0.1) is 0 Å². The first kappa shape index (κ1) is 9.10. The van der Waals surface area contributed by atoms with Crippen molar-refractivity contribution in [2.45, 2.75) is 10.6 Å². The third-order valence-corrected chi connectivity index (χ3v) is 4.43. The van der Waals surface area contributed by atoms with Crippen LogP contribution in [0.1, 0.15) is 6.92 Å². The van der Waals surface area contributed by atoms with Crippen molar-refractivity contribution in [1.82, 2.24) is 0 Å². The van der Waals surface area contributed by atoms with E-state index in [-0.39, 0.29) is 0 Å². The normalized spacial score (nSPS) is 18.6. The first-order valence-electron chi connectivity index (χ1n) is 2.16. The molecule has 0 aromatic heterocycles. The van der Waals surface area contributed by atoms with Crippen LogP contribution >= 0.6 is 15.9 Å². The molecule has 0 bridgehead atoms. The maximum absolute atomic E-state index is 10.6. The summed E-state index contributed by atoms with van der Waals surface area (Å²) in [5.41, 5.74) is 0. The standard InChI is InChI=1S/C4H7BrO3S/c1-4(5,3-6)9(2,7)8/h3H,1-2H3. The maximum Gasteiger partial charge on any atom is 0.178 e. The van der Waals surface area contributed by atoms with Crippen molar-refractivity contribution in [3.63, 3.8) is 0 Å². The van der Waals surface area contributed by atoms with Gasteiger partial charge in [-0.3, -0.25) is 0 Å². The molecule has 0 N–H and O–H groups in total. The van der Waals surface area contributed by atoms with E-state index in [2.05, 4.69) is 15.9 Å². The van der Waals surface area contributed by atoms with Gasteiger partial charge >= 0.3 is 0 Å². The van der Waals surface area contributed by atoms with Gasteiger partial charge in [0.2, 0.25) is 0 Å². The number of sulfone groups is 1. The molecule has 0 rings (SSSR count). The van der Waals surface area contributed by atoms with Crippen molar-refractivity contribution >= 4 is 32.1 Å². The topological polar surface area (TPSA) is 51.2 Å². The van der Waals surface area contributed by atoms with Crippen molar-refractivity contribution in [3.05, 3.63) is 0 Å². The lowest BCUT2D eigenvalue weighted by Gasteiger charge is -2.09. The largest absolute Gasteiger partial charge is 0.301 e. The summed E-state index contributed by atoms with van der Waals surface area (Å²) in [5, 5.41) is 0. The number of rotatable bonds is 2. The molecule has 0 saturated carbocycles. The summed E-state index contributed by atoms with van der Waals surface area (Å²) in [7, 11) is -3.30. The van der Waals surface area contributed by atoms with E-state index in [9.17, 15) is 13.2 Å². The average molecular weight is 215 g/mol. The molecule has 0 heterocycles. The average Bonchev–Trinajstić information content (AvgIpc) is 1.64. The van der Waals surface area contributed by atoms with Crippen LogP contribution in [0, 0.1) is 0 Å². The quantitative estimate of drug-likeness (QED) is 0.493. The number of hydrogen-bond acceptors (Lipinski definition) is 3. The SMILES string of the molecule is CC(Br)(C=O)S(C)(=O)=O. The molecule has 1 unspecified atom stereocenters. The summed E-state index contributed by atoms with van der Waals surface area (Å²) in [6, 6.07) is 0. The number of carbonyl (C=O) groups excluding carboxylic acids is 1. The highest BCUT2D eigenvalue weighted by Crippen LogP contribution is 2.20. The Kier molecular flexibility index (Phi) is 2.41. The number of halogens is 1. The molecule has 1 atom stereocenters. The molecule has 0 aliphatic rings. The Balaban J connectivity index is 4.77. The minimum atomic E-state index is -3.30. The Morgan fingerprint density at radius 1 is 1.56 bits per heavy atom. The maximum atomic E-state index is 10.6. The lowest BCUT2D eigenvalue weighted by molar-refractivity contribution is -0.107.